The van der Waals surface area contributed by atoms with E-state index in [1.807, 2.05) is 29.1 Å². The molecule has 6 nitrogen and oxygen atoms in total. The first-order valence-electron chi connectivity index (χ1n) is 13.5. The standard InChI is InChI=1S/C32H33N3O3S/c1-37-31-14-17-35(33-31)22-24-6-4-23(5-7-24)20-29-28-13-10-26(36)21-30(28)39-32(29)25-8-11-27(12-9-25)38-19-18-34-15-2-3-16-34/h4-14,17,21,36H,2-3,15-16,18-20,22H2,1H3. The van der Waals surface area contributed by atoms with Gasteiger partial charge in [-0.1, -0.05) is 24.3 Å². The van der Waals surface area contributed by atoms with Crippen LogP contribution in [0.1, 0.15) is 29.5 Å². The van der Waals surface area contributed by atoms with Crippen LogP contribution in [-0.4, -0.2) is 53.1 Å². The number of hydrogen-bond acceptors (Lipinski definition) is 6. The highest BCUT2D eigenvalue weighted by atomic mass is 32.1. The molecule has 1 aliphatic heterocycles. The molecule has 3 heterocycles. The largest absolute Gasteiger partial charge is 0.508 e. The number of aromatic hydroxyl groups is 1. The number of phenols is 1. The Balaban J connectivity index is 1.20. The van der Waals surface area contributed by atoms with Crippen molar-refractivity contribution < 1.29 is 14.6 Å². The van der Waals surface area contributed by atoms with Gasteiger partial charge in [-0.05, 0) is 102 Å². The zero-order valence-corrected chi connectivity index (χ0v) is 23.0. The average Bonchev–Trinajstić information content (AvgIpc) is 3.71. The van der Waals surface area contributed by atoms with E-state index in [4.69, 9.17) is 9.47 Å². The Morgan fingerprint density at radius 1 is 0.923 bits per heavy atom. The Kier molecular flexibility index (Phi) is 7.52. The molecular formula is C32H33N3O3S. The van der Waals surface area contributed by atoms with Crippen molar-refractivity contribution >= 4 is 21.4 Å². The number of likely N-dealkylation sites (tertiary alicyclic amines) is 1. The molecule has 2 aromatic heterocycles. The third kappa shape index (κ3) is 5.95. The van der Waals surface area contributed by atoms with E-state index >= 15 is 0 Å². The van der Waals surface area contributed by atoms with Crippen LogP contribution >= 0.6 is 11.3 Å². The Bertz CT molecular complexity index is 1530. The zero-order valence-electron chi connectivity index (χ0n) is 22.2. The van der Waals surface area contributed by atoms with E-state index in [1.165, 1.54) is 58.4 Å². The van der Waals surface area contributed by atoms with Gasteiger partial charge in [0, 0.05) is 28.4 Å². The van der Waals surface area contributed by atoms with Gasteiger partial charge in [-0.15, -0.1) is 16.4 Å². The molecule has 0 spiro atoms. The molecule has 5 aromatic rings. The Morgan fingerprint density at radius 3 is 2.44 bits per heavy atom. The smallest absolute Gasteiger partial charge is 0.232 e. The quantitative estimate of drug-likeness (QED) is 0.217. The predicted molar refractivity (Wildman–Crippen MR) is 157 cm³/mol. The molecule has 0 aliphatic carbocycles. The first-order chi connectivity index (χ1) is 19.1. The number of hydrogen-bond donors (Lipinski definition) is 1. The summed E-state index contributed by atoms with van der Waals surface area (Å²) in [5, 5.41) is 15.7. The second-order valence-electron chi connectivity index (χ2n) is 10.1. The van der Waals surface area contributed by atoms with Crippen LogP contribution in [0.15, 0.2) is 79.0 Å². The van der Waals surface area contributed by atoms with Crippen LogP contribution in [0.4, 0.5) is 0 Å². The summed E-state index contributed by atoms with van der Waals surface area (Å²) in [6.07, 6.45) is 5.34. The topological polar surface area (TPSA) is 59.8 Å². The van der Waals surface area contributed by atoms with Gasteiger partial charge < -0.3 is 14.6 Å². The van der Waals surface area contributed by atoms with Gasteiger partial charge in [0.1, 0.15) is 18.1 Å². The average molecular weight is 540 g/mol. The molecular weight excluding hydrogens is 506 g/mol. The minimum atomic E-state index is 0.295. The number of benzene rings is 3. The fourth-order valence-electron chi connectivity index (χ4n) is 5.24. The summed E-state index contributed by atoms with van der Waals surface area (Å²) in [4.78, 5) is 3.70. The molecule has 0 bridgehead atoms. The summed E-state index contributed by atoms with van der Waals surface area (Å²) in [7, 11) is 1.63. The lowest BCUT2D eigenvalue weighted by atomic mass is 9.98. The van der Waals surface area contributed by atoms with E-state index in [2.05, 4.69) is 58.5 Å². The number of methoxy groups -OCH3 is 1. The maximum atomic E-state index is 10.1. The minimum absolute atomic E-state index is 0.295. The first kappa shape index (κ1) is 25.5. The zero-order chi connectivity index (χ0) is 26.6. The molecule has 3 aromatic carbocycles. The van der Waals surface area contributed by atoms with E-state index in [0.717, 1.165) is 30.0 Å². The van der Waals surface area contributed by atoms with Crippen LogP contribution < -0.4 is 9.47 Å². The monoisotopic (exact) mass is 539 g/mol. The van der Waals surface area contributed by atoms with Crippen LogP contribution in [0.5, 0.6) is 17.4 Å². The van der Waals surface area contributed by atoms with Crippen molar-refractivity contribution in [2.75, 3.05) is 33.4 Å². The number of nitrogens with zero attached hydrogens (tertiary/aromatic N) is 3. The highest BCUT2D eigenvalue weighted by Crippen LogP contribution is 2.41. The highest BCUT2D eigenvalue weighted by Gasteiger charge is 2.16. The maximum Gasteiger partial charge on any atom is 0.232 e. The minimum Gasteiger partial charge on any atom is -0.508 e. The second kappa shape index (κ2) is 11.5. The molecule has 1 aliphatic rings. The van der Waals surface area contributed by atoms with Gasteiger partial charge in [-0.25, -0.2) is 0 Å². The summed E-state index contributed by atoms with van der Waals surface area (Å²) in [5.41, 5.74) is 4.88. The Hall–Kier alpha value is -3.81. The first-order valence-corrected chi connectivity index (χ1v) is 14.3. The number of phenolic OH excluding ortho intramolecular Hbond substituents is 1. The Morgan fingerprint density at radius 2 is 1.69 bits per heavy atom. The summed E-state index contributed by atoms with van der Waals surface area (Å²) >= 11 is 1.73. The SMILES string of the molecule is COc1ccn(Cc2ccc(Cc3c(-c4ccc(OCCN5CCCC5)cc4)sc4cc(O)ccc34)cc2)n1. The van der Waals surface area contributed by atoms with E-state index in [1.54, 1.807) is 24.5 Å². The van der Waals surface area contributed by atoms with Crippen LogP contribution in [0.25, 0.3) is 20.5 Å². The number of aromatic nitrogens is 2. The van der Waals surface area contributed by atoms with Gasteiger partial charge in [0.25, 0.3) is 0 Å². The highest BCUT2D eigenvalue weighted by molar-refractivity contribution is 7.22. The molecule has 0 amide bonds. The molecule has 0 saturated carbocycles. The van der Waals surface area contributed by atoms with E-state index in [9.17, 15) is 5.11 Å². The maximum absolute atomic E-state index is 10.1. The number of rotatable bonds is 10. The third-order valence-electron chi connectivity index (χ3n) is 7.34. The van der Waals surface area contributed by atoms with Gasteiger partial charge in [-0.3, -0.25) is 9.58 Å². The summed E-state index contributed by atoms with van der Waals surface area (Å²) in [5.74, 6) is 1.82. The van der Waals surface area contributed by atoms with Gasteiger partial charge in [0.15, 0.2) is 0 Å². The molecule has 6 rings (SSSR count). The van der Waals surface area contributed by atoms with Crippen LogP contribution in [0, 0.1) is 0 Å². The lowest BCUT2D eigenvalue weighted by Crippen LogP contribution is -2.25. The summed E-state index contributed by atoms with van der Waals surface area (Å²) in [6, 6.07) is 24.7. The summed E-state index contributed by atoms with van der Waals surface area (Å²) in [6.45, 7) is 4.78. The Labute approximate surface area is 233 Å². The number of fused-ring (bicyclic) bond motifs is 1. The molecule has 0 unspecified atom stereocenters. The van der Waals surface area contributed by atoms with Gasteiger partial charge in [0.05, 0.1) is 13.7 Å². The van der Waals surface area contributed by atoms with Crippen molar-refractivity contribution in [1.29, 1.82) is 0 Å². The molecule has 1 saturated heterocycles. The van der Waals surface area contributed by atoms with Crippen molar-refractivity contribution in [3.8, 4) is 27.8 Å². The normalized spacial score (nSPS) is 13.8. The predicted octanol–water partition coefficient (Wildman–Crippen LogP) is 6.59. The molecule has 1 fully saturated rings. The van der Waals surface area contributed by atoms with Crippen molar-refractivity contribution in [2.45, 2.75) is 25.8 Å². The number of ether oxygens (including phenoxy) is 2. The van der Waals surface area contributed by atoms with Crippen LogP contribution in [0.3, 0.4) is 0 Å². The van der Waals surface area contributed by atoms with E-state index < -0.39 is 0 Å². The lowest BCUT2D eigenvalue weighted by molar-refractivity contribution is 0.238. The van der Waals surface area contributed by atoms with E-state index in [0.29, 0.717) is 18.2 Å². The summed E-state index contributed by atoms with van der Waals surface area (Å²) < 4.78 is 14.2. The van der Waals surface area contributed by atoms with E-state index in [-0.39, 0.29) is 0 Å². The molecule has 1 N–H and O–H groups in total. The number of thiophene rings is 1. The van der Waals surface area contributed by atoms with Crippen molar-refractivity contribution in [2.24, 2.45) is 0 Å². The molecule has 0 radical (unpaired) electrons. The van der Waals surface area contributed by atoms with Gasteiger partial charge >= 0.3 is 0 Å². The van der Waals surface area contributed by atoms with Gasteiger partial charge in [-0.2, -0.15) is 0 Å². The molecule has 7 heteroatoms. The van der Waals surface area contributed by atoms with Crippen molar-refractivity contribution in [3.63, 3.8) is 0 Å². The fraction of sp³-hybridized carbons (Fsp3) is 0.281. The third-order valence-corrected chi connectivity index (χ3v) is 8.59. The van der Waals surface area contributed by atoms with Crippen molar-refractivity contribution in [1.82, 2.24) is 14.7 Å². The lowest BCUT2D eigenvalue weighted by Gasteiger charge is -2.15. The molecule has 0 atom stereocenters. The van der Waals surface area contributed by atoms with Crippen LogP contribution in [0.2, 0.25) is 0 Å². The fourth-order valence-corrected chi connectivity index (χ4v) is 6.50. The molecule has 39 heavy (non-hydrogen) atoms. The van der Waals surface area contributed by atoms with Crippen LogP contribution in [-0.2, 0) is 13.0 Å². The van der Waals surface area contributed by atoms with Crippen molar-refractivity contribution in [3.05, 3.63) is 95.7 Å². The molecule has 200 valence electrons. The second-order valence-corrected chi connectivity index (χ2v) is 11.1. The van der Waals surface area contributed by atoms with Gasteiger partial charge in [0.2, 0.25) is 5.88 Å².